The molecular formula is C20H27ClN4O2Si. The van der Waals surface area contributed by atoms with Gasteiger partial charge in [-0.3, -0.25) is 0 Å². The molecular weight excluding hydrogens is 392 g/mol. The SMILES string of the molecule is CC(C)Oc1ccc2nn(COCC[Si](C)(C)C)c(-c3cc(Cl)ncn3)c2c1. The van der Waals surface area contributed by atoms with E-state index in [4.69, 9.17) is 26.2 Å². The highest BCUT2D eigenvalue weighted by molar-refractivity contribution is 6.76. The normalized spacial score (nSPS) is 12.1. The van der Waals surface area contributed by atoms with Gasteiger partial charge in [0.1, 0.15) is 24.0 Å². The lowest BCUT2D eigenvalue weighted by atomic mass is 10.1. The summed E-state index contributed by atoms with van der Waals surface area (Å²) in [7, 11) is -1.14. The van der Waals surface area contributed by atoms with Crippen LogP contribution in [0.25, 0.3) is 22.3 Å². The van der Waals surface area contributed by atoms with Crippen molar-refractivity contribution in [3.63, 3.8) is 0 Å². The molecule has 0 aliphatic rings. The molecule has 0 saturated heterocycles. The molecule has 0 bridgehead atoms. The van der Waals surface area contributed by atoms with Crippen molar-refractivity contribution in [2.75, 3.05) is 6.61 Å². The van der Waals surface area contributed by atoms with E-state index in [2.05, 4.69) is 29.6 Å². The summed E-state index contributed by atoms with van der Waals surface area (Å²) in [5, 5.41) is 6.05. The van der Waals surface area contributed by atoms with Crippen LogP contribution in [-0.2, 0) is 11.5 Å². The second kappa shape index (κ2) is 8.59. The molecule has 3 rings (SSSR count). The summed E-state index contributed by atoms with van der Waals surface area (Å²) in [5.41, 5.74) is 2.41. The molecule has 0 aliphatic carbocycles. The van der Waals surface area contributed by atoms with Crippen molar-refractivity contribution in [2.45, 2.75) is 52.4 Å². The van der Waals surface area contributed by atoms with Crippen molar-refractivity contribution >= 4 is 30.6 Å². The lowest BCUT2D eigenvalue weighted by Crippen LogP contribution is -2.22. The van der Waals surface area contributed by atoms with Crippen LogP contribution in [-0.4, -0.2) is 40.5 Å². The van der Waals surface area contributed by atoms with Gasteiger partial charge in [-0.25, -0.2) is 14.6 Å². The average Bonchev–Trinajstić information content (AvgIpc) is 2.95. The van der Waals surface area contributed by atoms with Gasteiger partial charge in [0.15, 0.2) is 0 Å². The zero-order chi connectivity index (χ0) is 20.3. The zero-order valence-electron chi connectivity index (χ0n) is 17.1. The molecule has 0 unspecified atom stereocenters. The van der Waals surface area contributed by atoms with Crippen molar-refractivity contribution in [2.24, 2.45) is 0 Å². The Morgan fingerprint density at radius 1 is 1.14 bits per heavy atom. The summed E-state index contributed by atoms with van der Waals surface area (Å²) in [6.45, 7) is 12.1. The highest BCUT2D eigenvalue weighted by atomic mass is 35.5. The first-order valence-corrected chi connectivity index (χ1v) is 13.5. The molecule has 0 fully saturated rings. The van der Waals surface area contributed by atoms with Crippen LogP contribution in [0.2, 0.25) is 30.8 Å². The van der Waals surface area contributed by atoms with Gasteiger partial charge in [0, 0.05) is 26.1 Å². The first-order valence-electron chi connectivity index (χ1n) is 9.46. The zero-order valence-corrected chi connectivity index (χ0v) is 18.8. The number of ether oxygens (including phenoxy) is 2. The summed E-state index contributed by atoms with van der Waals surface area (Å²) < 4.78 is 13.6. The Hall–Kier alpha value is -1.96. The third kappa shape index (κ3) is 5.30. The van der Waals surface area contributed by atoms with Crippen molar-refractivity contribution in [3.8, 4) is 17.1 Å². The maximum Gasteiger partial charge on any atom is 0.140 e. The molecule has 0 saturated carbocycles. The third-order valence-electron chi connectivity index (χ3n) is 4.17. The molecule has 8 heteroatoms. The molecule has 0 atom stereocenters. The van der Waals surface area contributed by atoms with Crippen LogP contribution >= 0.6 is 11.6 Å². The molecule has 0 aliphatic heterocycles. The number of rotatable bonds is 8. The largest absolute Gasteiger partial charge is 0.491 e. The summed E-state index contributed by atoms with van der Waals surface area (Å²) in [4.78, 5) is 8.40. The number of hydrogen-bond donors (Lipinski definition) is 0. The van der Waals surface area contributed by atoms with Crippen LogP contribution in [0.15, 0.2) is 30.6 Å². The molecule has 0 amide bonds. The van der Waals surface area contributed by atoms with E-state index in [1.807, 2.05) is 36.7 Å². The van der Waals surface area contributed by atoms with E-state index in [0.717, 1.165) is 35.0 Å². The standard InChI is InChI=1S/C20H27ClN4O2Si/c1-14(2)27-15-6-7-17-16(10-15)20(18-11-19(21)23-12-22-18)25(24-17)13-26-8-9-28(3,4)5/h6-7,10-12,14H,8-9,13H2,1-5H3. The predicted molar refractivity (Wildman–Crippen MR) is 116 cm³/mol. The molecule has 6 nitrogen and oxygen atoms in total. The van der Waals surface area contributed by atoms with Gasteiger partial charge in [-0.2, -0.15) is 5.10 Å². The number of halogens is 1. The highest BCUT2D eigenvalue weighted by Crippen LogP contribution is 2.31. The Morgan fingerprint density at radius 3 is 2.61 bits per heavy atom. The smallest absolute Gasteiger partial charge is 0.140 e. The molecule has 0 spiro atoms. The van der Waals surface area contributed by atoms with Crippen LogP contribution in [0, 0.1) is 0 Å². The predicted octanol–water partition coefficient (Wildman–Crippen LogP) is 5.25. The summed E-state index contributed by atoms with van der Waals surface area (Å²) >= 11 is 6.11. The minimum atomic E-state index is -1.14. The molecule has 1 aromatic carbocycles. The van der Waals surface area contributed by atoms with E-state index in [9.17, 15) is 0 Å². The number of benzene rings is 1. The first kappa shape index (κ1) is 20.8. The Labute approximate surface area is 171 Å². The quantitative estimate of drug-likeness (QED) is 0.284. The molecule has 150 valence electrons. The van der Waals surface area contributed by atoms with Crippen LogP contribution in [0.3, 0.4) is 0 Å². The van der Waals surface area contributed by atoms with Gasteiger partial charge in [-0.1, -0.05) is 31.2 Å². The number of hydrogen-bond acceptors (Lipinski definition) is 5. The van der Waals surface area contributed by atoms with Gasteiger partial charge < -0.3 is 9.47 Å². The van der Waals surface area contributed by atoms with Crippen molar-refractivity contribution in [3.05, 3.63) is 35.7 Å². The summed E-state index contributed by atoms with van der Waals surface area (Å²) in [6.07, 6.45) is 1.55. The molecule has 28 heavy (non-hydrogen) atoms. The summed E-state index contributed by atoms with van der Waals surface area (Å²) in [6, 6.07) is 8.73. The van der Waals surface area contributed by atoms with Crippen LogP contribution < -0.4 is 4.74 Å². The molecule has 0 N–H and O–H groups in total. The van der Waals surface area contributed by atoms with Gasteiger partial charge >= 0.3 is 0 Å². The van der Waals surface area contributed by atoms with Gasteiger partial charge in [-0.15, -0.1) is 0 Å². The van der Waals surface area contributed by atoms with Crippen molar-refractivity contribution in [1.82, 2.24) is 19.7 Å². The fraction of sp³-hybridized carbons (Fsp3) is 0.450. The van der Waals surface area contributed by atoms with E-state index in [-0.39, 0.29) is 6.10 Å². The van der Waals surface area contributed by atoms with E-state index >= 15 is 0 Å². The van der Waals surface area contributed by atoms with Crippen molar-refractivity contribution in [1.29, 1.82) is 0 Å². The maximum absolute atomic E-state index is 6.11. The van der Waals surface area contributed by atoms with Crippen LogP contribution in [0.4, 0.5) is 0 Å². The Morgan fingerprint density at radius 2 is 1.93 bits per heavy atom. The van der Waals surface area contributed by atoms with E-state index in [1.54, 1.807) is 6.07 Å². The van der Waals surface area contributed by atoms with E-state index in [0.29, 0.717) is 17.6 Å². The Bertz CT molecular complexity index is 953. The number of fused-ring (bicyclic) bond motifs is 1. The molecule has 3 aromatic rings. The van der Waals surface area contributed by atoms with Crippen LogP contribution in [0.1, 0.15) is 13.8 Å². The van der Waals surface area contributed by atoms with E-state index in [1.165, 1.54) is 6.33 Å². The third-order valence-corrected chi connectivity index (χ3v) is 6.08. The monoisotopic (exact) mass is 418 g/mol. The van der Waals surface area contributed by atoms with Crippen molar-refractivity contribution < 1.29 is 9.47 Å². The summed E-state index contributed by atoms with van der Waals surface area (Å²) in [5.74, 6) is 0.795. The van der Waals surface area contributed by atoms with Gasteiger partial charge in [0.25, 0.3) is 0 Å². The molecule has 0 radical (unpaired) electrons. The highest BCUT2D eigenvalue weighted by Gasteiger charge is 2.17. The maximum atomic E-state index is 6.11. The first-order chi connectivity index (χ1) is 13.2. The van der Waals surface area contributed by atoms with Gasteiger partial charge in [0.2, 0.25) is 0 Å². The number of aromatic nitrogens is 4. The second-order valence-electron chi connectivity index (χ2n) is 8.27. The topological polar surface area (TPSA) is 62.1 Å². The van der Waals surface area contributed by atoms with Crippen LogP contribution in [0.5, 0.6) is 5.75 Å². The lowest BCUT2D eigenvalue weighted by molar-refractivity contribution is 0.0802. The minimum Gasteiger partial charge on any atom is -0.491 e. The van der Waals surface area contributed by atoms with Gasteiger partial charge in [0.05, 0.1) is 23.0 Å². The number of nitrogens with zero attached hydrogens (tertiary/aromatic N) is 4. The molecule has 2 heterocycles. The Kier molecular flexibility index (Phi) is 6.37. The molecule has 2 aromatic heterocycles. The van der Waals surface area contributed by atoms with Gasteiger partial charge in [-0.05, 0) is 38.1 Å². The lowest BCUT2D eigenvalue weighted by Gasteiger charge is -2.16. The average molecular weight is 419 g/mol. The minimum absolute atomic E-state index is 0.0920. The fourth-order valence-corrected chi connectivity index (χ4v) is 3.72. The second-order valence-corrected chi connectivity index (χ2v) is 14.3. The van der Waals surface area contributed by atoms with E-state index < -0.39 is 8.07 Å². The fourth-order valence-electron chi connectivity index (χ4n) is 2.81. The Balaban J connectivity index is 1.98.